The van der Waals surface area contributed by atoms with E-state index in [1.54, 1.807) is 24.3 Å². The highest BCUT2D eigenvalue weighted by atomic mass is 35.5. The number of fused-ring (bicyclic) bond motifs is 1. The van der Waals surface area contributed by atoms with Crippen LogP contribution in [0.4, 0.5) is 0 Å². The second-order valence-electron chi connectivity index (χ2n) is 6.58. The van der Waals surface area contributed by atoms with Crippen molar-refractivity contribution in [3.63, 3.8) is 0 Å². The van der Waals surface area contributed by atoms with Crippen molar-refractivity contribution in [2.24, 2.45) is 0 Å². The summed E-state index contributed by atoms with van der Waals surface area (Å²) in [5.74, 6) is 1.30. The Balaban J connectivity index is 1.38. The summed E-state index contributed by atoms with van der Waals surface area (Å²) in [7, 11) is 0. The van der Waals surface area contributed by atoms with E-state index in [1.165, 1.54) is 27.7 Å². The Morgan fingerprint density at radius 3 is 2.84 bits per heavy atom. The first-order valence-electron chi connectivity index (χ1n) is 9.38. The molecule has 0 aliphatic heterocycles. The van der Waals surface area contributed by atoms with Gasteiger partial charge in [-0.1, -0.05) is 29.4 Å². The minimum absolute atomic E-state index is 0.126. The third kappa shape index (κ3) is 4.92. The predicted molar refractivity (Wildman–Crippen MR) is 126 cm³/mol. The monoisotopic (exact) mass is 471 g/mol. The van der Waals surface area contributed by atoms with Gasteiger partial charge in [-0.2, -0.15) is 0 Å². The zero-order chi connectivity index (χ0) is 21.8. The molecule has 0 bridgehead atoms. The number of benzene rings is 1. The number of thiophene rings is 1. The molecule has 1 N–H and O–H groups in total. The van der Waals surface area contributed by atoms with Crippen LogP contribution in [0.3, 0.4) is 0 Å². The number of rotatable bonds is 8. The Bertz CT molecular complexity index is 1290. The molecule has 0 atom stereocenters. The van der Waals surface area contributed by atoms with Crippen LogP contribution in [-0.2, 0) is 17.9 Å². The summed E-state index contributed by atoms with van der Waals surface area (Å²) in [5, 5.41) is 6.40. The maximum atomic E-state index is 12.6. The molecule has 0 saturated heterocycles. The number of hydrogen-bond acceptors (Lipinski definition) is 6. The average Bonchev–Trinajstić information content (AvgIpc) is 3.43. The largest absolute Gasteiger partial charge is 0.459 e. The Morgan fingerprint density at radius 1 is 1.26 bits per heavy atom. The molecule has 9 heteroatoms. The number of halogens is 1. The number of nitrogens with one attached hydrogen (secondary N) is 1. The van der Waals surface area contributed by atoms with Crippen LogP contribution < -0.4 is 10.9 Å². The lowest BCUT2D eigenvalue weighted by molar-refractivity contribution is -0.118. The van der Waals surface area contributed by atoms with Gasteiger partial charge in [-0.25, -0.2) is 4.98 Å². The first-order chi connectivity index (χ1) is 15.0. The van der Waals surface area contributed by atoms with E-state index in [9.17, 15) is 9.59 Å². The van der Waals surface area contributed by atoms with E-state index in [1.807, 2.05) is 29.6 Å². The second-order valence-corrected chi connectivity index (χ2v) is 8.85. The summed E-state index contributed by atoms with van der Waals surface area (Å²) in [6.07, 6.45) is 1.64. The Kier molecular flexibility index (Phi) is 6.60. The SMILES string of the molecule is C=CCn1c(SCC(=O)NCc2ccc(-c3ccc(Cl)cc3)o2)nc2sccc2c1=O. The molecule has 31 heavy (non-hydrogen) atoms. The normalized spacial score (nSPS) is 11.0. The molecule has 6 nitrogen and oxygen atoms in total. The van der Waals surface area contributed by atoms with Gasteiger partial charge in [0, 0.05) is 17.1 Å². The van der Waals surface area contributed by atoms with E-state index in [0.717, 1.165) is 5.56 Å². The van der Waals surface area contributed by atoms with Gasteiger partial charge in [0.2, 0.25) is 5.91 Å². The highest BCUT2D eigenvalue weighted by Crippen LogP contribution is 2.24. The second kappa shape index (κ2) is 9.55. The van der Waals surface area contributed by atoms with Crippen LogP contribution in [0.25, 0.3) is 21.5 Å². The van der Waals surface area contributed by atoms with Crippen LogP contribution in [0, 0.1) is 0 Å². The summed E-state index contributed by atoms with van der Waals surface area (Å²) in [6, 6.07) is 12.8. The van der Waals surface area contributed by atoms with Crippen LogP contribution in [-0.4, -0.2) is 21.2 Å². The number of nitrogens with zero attached hydrogens (tertiary/aromatic N) is 2. The van der Waals surface area contributed by atoms with Gasteiger partial charge in [-0.15, -0.1) is 17.9 Å². The van der Waals surface area contributed by atoms with Gasteiger partial charge < -0.3 is 9.73 Å². The fourth-order valence-electron chi connectivity index (χ4n) is 2.94. The third-order valence-electron chi connectivity index (χ3n) is 4.44. The summed E-state index contributed by atoms with van der Waals surface area (Å²) < 4.78 is 7.33. The predicted octanol–water partition coefficient (Wildman–Crippen LogP) is 4.97. The van der Waals surface area contributed by atoms with Crippen molar-refractivity contribution in [1.82, 2.24) is 14.9 Å². The van der Waals surface area contributed by atoms with Crippen LogP contribution in [0.5, 0.6) is 0 Å². The summed E-state index contributed by atoms with van der Waals surface area (Å²) in [5.41, 5.74) is 0.784. The van der Waals surface area contributed by atoms with Crippen molar-refractivity contribution < 1.29 is 9.21 Å². The van der Waals surface area contributed by atoms with E-state index in [2.05, 4.69) is 16.9 Å². The molecule has 0 unspecified atom stereocenters. The summed E-state index contributed by atoms with van der Waals surface area (Å²) in [6.45, 7) is 4.30. The van der Waals surface area contributed by atoms with Crippen molar-refractivity contribution >= 4 is 50.8 Å². The molecule has 1 amide bonds. The van der Waals surface area contributed by atoms with Crippen molar-refractivity contribution in [3.05, 3.63) is 81.6 Å². The maximum Gasteiger partial charge on any atom is 0.263 e. The molecule has 158 valence electrons. The number of carbonyl (C=O) groups is 1. The molecule has 3 aromatic heterocycles. The molecule has 0 radical (unpaired) electrons. The molecule has 1 aromatic carbocycles. The van der Waals surface area contributed by atoms with Crippen molar-refractivity contribution in [2.45, 2.75) is 18.2 Å². The number of allylic oxidation sites excluding steroid dienone is 1. The lowest BCUT2D eigenvalue weighted by Crippen LogP contribution is -2.26. The zero-order valence-electron chi connectivity index (χ0n) is 16.3. The molecule has 0 spiro atoms. The lowest BCUT2D eigenvalue weighted by atomic mass is 10.2. The van der Waals surface area contributed by atoms with Crippen LogP contribution in [0.15, 0.2) is 74.9 Å². The van der Waals surface area contributed by atoms with Crippen LogP contribution in [0.2, 0.25) is 5.02 Å². The lowest BCUT2D eigenvalue weighted by Gasteiger charge is -2.10. The van der Waals surface area contributed by atoms with Gasteiger partial charge in [-0.3, -0.25) is 14.2 Å². The number of hydrogen-bond donors (Lipinski definition) is 1. The average molecular weight is 472 g/mol. The zero-order valence-corrected chi connectivity index (χ0v) is 18.7. The number of aromatic nitrogens is 2. The molecule has 0 aliphatic rings. The van der Waals surface area contributed by atoms with E-state index < -0.39 is 0 Å². The van der Waals surface area contributed by atoms with Gasteiger partial charge in [-0.05, 0) is 47.8 Å². The molecule has 4 rings (SSSR count). The Labute approximate surface area is 191 Å². The van der Waals surface area contributed by atoms with Crippen LogP contribution in [0.1, 0.15) is 5.76 Å². The topological polar surface area (TPSA) is 77.1 Å². The minimum atomic E-state index is -0.180. The van der Waals surface area contributed by atoms with Crippen molar-refractivity contribution in [1.29, 1.82) is 0 Å². The minimum Gasteiger partial charge on any atom is -0.459 e. The van der Waals surface area contributed by atoms with E-state index in [4.69, 9.17) is 16.0 Å². The smallest absolute Gasteiger partial charge is 0.263 e. The molecule has 0 saturated carbocycles. The number of amides is 1. The number of furan rings is 1. The summed E-state index contributed by atoms with van der Waals surface area (Å²) in [4.78, 5) is 30.2. The fraction of sp³-hybridized carbons (Fsp3) is 0.136. The van der Waals surface area contributed by atoms with Gasteiger partial charge in [0.05, 0.1) is 17.7 Å². The maximum absolute atomic E-state index is 12.6. The first kappa shape index (κ1) is 21.4. The summed E-state index contributed by atoms with van der Waals surface area (Å²) >= 11 is 8.54. The van der Waals surface area contributed by atoms with E-state index in [-0.39, 0.29) is 23.8 Å². The van der Waals surface area contributed by atoms with Crippen molar-refractivity contribution in [2.75, 3.05) is 5.75 Å². The Morgan fingerprint density at radius 2 is 2.06 bits per heavy atom. The van der Waals surface area contributed by atoms with Crippen molar-refractivity contribution in [3.8, 4) is 11.3 Å². The molecular formula is C22H18ClN3O3S2. The van der Waals surface area contributed by atoms with Crippen LogP contribution >= 0.6 is 34.7 Å². The third-order valence-corrected chi connectivity index (χ3v) is 6.48. The van der Waals surface area contributed by atoms with E-state index >= 15 is 0 Å². The molecule has 4 aromatic rings. The molecular weight excluding hydrogens is 454 g/mol. The first-order valence-corrected chi connectivity index (χ1v) is 11.6. The molecule has 3 heterocycles. The molecule has 0 aliphatic carbocycles. The highest BCUT2D eigenvalue weighted by molar-refractivity contribution is 7.99. The fourth-order valence-corrected chi connectivity index (χ4v) is 4.71. The van der Waals surface area contributed by atoms with Gasteiger partial charge in [0.1, 0.15) is 16.4 Å². The molecule has 0 fully saturated rings. The van der Waals surface area contributed by atoms with Gasteiger partial charge >= 0.3 is 0 Å². The number of thioether (sulfide) groups is 1. The highest BCUT2D eigenvalue weighted by Gasteiger charge is 2.14. The Hall–Kier alpha value is -2.81. The standard InChI is InChI=1S/C22H18ClN3O3S2/c1-2-10-26-21(28)17-9-11-30-20(17)25-22(26)31-13-19(27)24-12-16-7-8-18(29-16)14-3-5-15(23)6-4-14/h2-9,11H,1,10,12-13H2,(H,24,27). The quantitative estimate of drug-likeness (QED) is 0.223. The van der Waals surface area contributed by atoms with E-state index in [0.29, 0.717) is 38.5 Å². The van der Waals surface area contributed by atoms with Gasteiger partial charge in [0.25, 0.3) is 5.56 Å². The number of carbonyl (C=O) groups excluding carboxylic acids is 1. The van der Waals surface area contributed by atoms with Gasteiger partial charge in [0.15, 0.2) is 5.16 Å².